The molecule has 10 rings (SSSR count). The van der Waals surface area contributed by atoms with Crippen LogP contribution in [0.1, 0.15) is 79.3 Å². The summed E-state index contributed by atoms with van der Waals surface area (Å²) in [6.07, 6.45) is 8.23. The highest BCUT2D eigenvalue weighted by molar-refractivity contribution is 7.25. The Kier molecular flexibility index (Phi) is 6.80. The molecule has 0 N–H and O–H groups in total. The fraction of sp³-hybridized carbons (Fsp3) is 0.200. The lowest BCUT2D eigenvalue weighted by Crippen LogP contribution is -2.17. The van der Waals surface area contributed by atoms with Crippen molar-refractivity contribution in [2.75, 3.05) is 0 Å². The standard InChI is InChI=1S/C50H42S/c1-29-14-16-32(34-19-23-47-43(27-34)38-12-8-9-13-46(38)51-47)25-41(29)42-26-33(17-15-30(42)2)35-18-20-40-45(28-35)50(4,5)44-22-21-39-37-11-7-6-10-36(37)24-31(3)48(39)49(40)44/h6,8-10,12-23,25-28,31H,7,11,24H2,1-5H3. The van der Waals surface area contributed by atoms with Crippen LogP contribution < -0.4 is 0 Å². The van der Waals surface area contributed by atoms with Gasteiger partial charge in [0.05, 0.1) is 0 Å². The molecule has 0 fully saturated rings. The average molecular weight is 675 g/mol. The summed E-state index contributed by atoms with van der Waals surface area (Å²) in [4.78, 5) is 0. The van der Waals surface area contributed by atoms with Crippen molar-refractivity contribution in [1.29, 1.82) is 0 Å². The highest BCUT2D eigenvalue weighted by atomic mass is 32.1. The molecule has 1 aromatic heterocycles. The number of allylic oxidation sites excluding steroid dienone is 4. The Morgan fingerprint density at radius 3 is 2.04 bits per heavy atom. The van der Waals surface area contributed by atoms with E-state index in [2.05, 4.69) is 156 Å². The summed E-state index contributed by atoms with van der Waals surface area (Å²) >= 11 is 1.88. The Morgan fingerprint density at radius 2 is 1.25 bits per heavy atom. The number of hydrogen-bond donors (Lipinski definition) is 0. The van der Waals surface area contributed by atoms with Gasteiger partial charge < -0.3 is 0 Å². The van der Waals surface area contributed by atoms with Gasteiger partial charge in [0.15, 0.2) is 0 Å². The van der Waals surface area contributed by atoms with Gasteiger partial charge in [-0.15, -0.1) is 11.3 Å². The molecule has 248 valence electrons. The van der Waals surface area contributed by atoms with Gasteiger partial charge in [0.1, 0.15) is 0 Å². The van der Waals surface area contributed by atoms with Crippen molar-refractivity contribution in [3.63, 3.8) is 0 Å². The Bertz CT molecular complexity index is 2670. The zero-order valence-corrected chi connectivity index (χ0v) is 31.0. The lowest BCUT2D eigenvalue weighted by molar-refractivity contribution is 0.657. The monoisotopic (exact) mass is 674 g/mol. The van der Waals surface area contributed by atoms with Crippen molar-refractivity contribution < 1.29 is 0 Å². The lowest BCUT2D eigenvalue weighted by Gasteiger charge is -2.31. The first-order valence-electron chi connectivity index (χ1n) is 18.6. The quantitative estimate of drug-likeness (QED) is 0.175. The third kappa shape index (κ3) is 4.64. The number of hydrogen-bond acceptors (Lipinski definition) is 1. The Morgan fingerprint density at radius 1 is 0.608 bits per heavy atom. The van der Waals surface area contributed by atoms with E-state index in [1.165, 1.54) is 98.9 Å². The molecule has 1 heteroatoms. The van der Waals surface area contributed by atoms with E-state index in [-0.39, 0.29) is 5.41 Å². The molecule has 0 spiro atoms. The van der Waals surface area contributed by atoms with Crippen LogP contribution in [0.25, 0.3) is 70.3 Å². The van der Waals surface area contributed by atoms with E-state index in [4.69, 9.17) is 0 Å². The maximum atomic E-state index is 2.50. The Labute approximate surface area is 305 Å². The smallest absolute Gasteiger partial charge is 0.0355 e. The van der Waals surface area contributed by atoms with Crippen LogP contribution in [0.5, 0.6) is 0 Å². The molecule has 3 aliphatic carbocycles. The molecule has 3 aliphatic rings. The predicted molar refractivity (Wildman–Crippen MR) is 221 cm³/mol. The normalized spacial score (nSPS) is 17.1. The number of thiophene rings is 1. The van der Waals surface area contributed by atoms with Crippen LogP contribution in [0, 0.1) is 13.8 Å². The molecular weight excluding hydrogens is 633 g/mol. The first kappa shape index (κ1) is 30.8. The lowest BCUT2D eigenvalue weighted by atomic mass is 9.72. The SMILES string of the molecule is Cc1ccc(-c2ccc3c(c2)C(C)(C)c2ccc4c(c2-3)C(C)CC2=C4CCC=C2)cc1-c1cc(-c2ccc3sc4ccccc4c3c2)ccc1C. The molecule has 0 aliphatic heterocycles. The fourth-order valence-electron chi connectivity index (χ4n) is 9.54. The minimum absolute atomic E-state index is 0.0517. The molecule has 1 atom stereocenters. The summed E-state index contributed by atoms with van der Waals surface area (Å²) in [5, 5.41) is 2.69. The summed E-state index contributed by atoms with van der Waals surface area (Å²) < 4.78 is 2.70. The number of aryl methyl sites for hydroxylation is 2. The molecule has 51 heavy (non-hydrogen) atoms. The molecule has 0 amide bonds. The van der Waals surface area contributed by atoms with Crippen LogP contribution in [0.3, 0.4) is 0 Å². The number of benzene rings is 6. The van der Waals surface area contributed by atoms with Gasteiger partial charge in [-0.1, -0.05) is 106 Å². The topological polar surface area (TPSA) is 0 Å². The largest absolute Gasteiger partial charge is 0.135 e. The molecule has 1 unspecified atom stereocenters. The maximum Gasteiger partial charge on any atom is 0.0355 e. The highest BCUT2D eigenvalue weighted by Crippen LogP contribution is 2.56. The van der Waals surface area contributed by atoms with Gasteiger partial charge in [-0.25, -0.2) is 0 Å². The Balaban J connectivity index is 1.06. The molecule has 0 nitrogen and oxygen atoms in total. The van der Waals surface area contributed by atoms with Crippen molar-refractivity contribution in [3.05, 3.63) is 160 Å². The van der Waals surface area contributed by atoms with Crippen LogP contribution in [0.15, 0.2) is 127 Å². The first-order valence-corrected chi connectivity index (χ1v) is 19.4. The van der Waals surface area contributed by atoms with E-state index >= 15 is 0 Å². The molecule has 1 heterocycles. The minimum atomic E-state index is -0.0517. The van der Waals surface area contributed by atoms with E-state index in [0.717, 1.165) is 12.8 Å². The molecule has 0 saturated carbocycles. The van der Waals surface area contributed by atoms with Crippen LogP contribution >= 0.6 is 11.3 Å². The minimum Gasteiger partial charge on any atom is -0.135 e. The zero-order chi connectivity index (χ0) is 34.6. The second-order valence-electron chi connectivity index (χ2n) is 15.8. The van der Waals surface area contributed by atoms with Crippen molar-refractivity contribution in [2.45, 2.75) is 65.2 Å². The molecule has 0 bridgehead atoms. The summed E-state index contributed by atoms with van der Waals surface area (Å²) in [6, 6.07) is 42.0. The van der Waals surface area contributed by atoms with E-state index in [0.29, 0.717) is 5.92 Å². The van der Waals surface area contributed by atoms with Crippen molar-refractivity contribution >= 4 is 37.1 Å². The van der Waals surface area contributed by atoms with E-state index in [1.807, 2.05) is 11.3 Å². The number of fused-ring (bicyclic) bond motifs is 9. The van der Waals surface area contributed by atoms with Crippen molar-refractivity contribution in [1.82, 2.24) is 0 Å². The van der Waals surface area contributed by atoms with E-state index < -0.39 is 0 Å². The molecule has 6 aromatic carbocycles. The summed E-state index contributed by atoms with van der Waals surface area (Å²) in [7, 11) is 0. The summed E-state index contributed by atoms with van der Waals surface area (Å²) in [5.41, 5.74) is 22.4. The Hall–Kier alpha value is -4.98. The van der Waals surface area contributed by atoms with Crippen LogP contribution in [-0.2, 0) is 5.41 Å². The second-order valence-corrected chi connectivity index (χ2v) is 16.8. The van der Waals surface area contributed by atoms with Crippen molar-refractivity contribution in [3.8, 4) is 44.5 Å². The molecule has 7 aromatic rings. The van der Waals surface area contributed by atoms with Gasteiger partial charge >= 0.3 is 0 Å². The van der Waals surface area contributed by atoms with Crippen LogP contribution in [-0.4, -0.2) is 0 Å². The second kappa shape index (κ2) is 11.3. The van der Waals surface area contributed by atoms with Crippen LogP contribution in [0.4, 0.5) is 0 Å². The van der Waals surface area contributed by atoms with E-state index in [1.54, 1.807) is 16.7 Å². The maximum absolute atomic E-state index is 2.50. The summed E-state index contributed by atoms with van der Waals surface area (Å²) in [6.45, 7) is 11.8. The molecular formula is C50H42S. The fourth-order valence-corrected chi connectivity index (χ4v) is 10.6. The first-order chi connectivity index (χ1) is 24.8. The van der Waals surface area contributed by atoms with Gasteiger partial charge in [0.2, 0.25) is 0 Å². The van der Waals surface area contributed by atoms with Gasteiger partial charge in [-0.3, -0.25) is 0 Å². The van der Waals surface area contributed by atoms with Gasteiger partial charge in [-0.05, 0) is 164 Å². The average Bonchev–Trinajstić information content (AvgIpc) is 3.63. The van der Waals surface area contributed by atoms with E-state index in [9.17, 15) is 0 Å². The van der Waals surface area contributed by atoms with Gasteiger partial charge in [0.25, 0.3) is 0 Å². The highest BCUT2D eigenvalue weighted by Gasteiger charge is 2.40. The third-order valence-electron chi connectivity index (χ3n) is 12.3. The zero-order valence-electron chi connectivity index (χ0n) is 30.2. The van der Waals surface area contributed by atoms with Crippen LogP contribution in [0.2, 0.25) is 0 Å². The number of rotatable bonds is 3. The summed E-state index contributed by atoms with van der Waals surface area (Å²) in [5.74, 6) is 0.517. The predicted octanol–water partition coefficient (Wildman–Crippen LogP) is 14.6. The molecule has 0 saturated heterocycles. The molecule has 0 radical (unpaired) electrons. The van der Waals surface area contributed by atoms with Gasteiger partial charge in [0, 0.05) is 25.6 Å². The third-order valence-corrected chi connectivity index (χ3v) is 13.5. The van der Waals surface area contributed by atoms with Crippen molar-refractivity contribution in [2.24, 2.45) is 0 Å². The van der Waals surface area contributed by atoms with Gasteiger partial charge in [-0.2, -0.15) is 0 Å².